The molecule has 4 nitrogen and oxygen atoms in total. The Hall–Kier alpha value is -2.46. The van der Waals surface area contributed by atoms with Crippen molar-refractivity contribution in [1.82, 2.24) is 0 Å². The minimum Gasteiger partial charge on any atom is -0.502 e. The van der Waals surface area contributed by atoms with Crippen LogP contribution in [0, 0.1) is 0 Å². The quantitative estimate of drug-likeness (QED) is 0.743. The number of H-pyrrole nitrogens is 2. The minimum atomic E-state index is 0.160. The van der Waals surface area contributed by atoms with Crippen LogP contribution >= 0.6 is 0 Å². The second-order valence-electron chi connectivity index (χ2n) is 6.27. The van der Waals surface area contributed by atoms with Crippen molar-refractivity contribution in [3.63, 3.8) is 0 Å². The molecule has 0 aliphatic carbocycles. The van der Waals surface area contributed by atoms with E-state index in [1.165, 1.54) is 23.3 Å². The van der Waals surface area contributed by atoms with Crippen LogP contribution in [0.2, 0.25) is 0 Å². The smallest absolute Gasteiger partial charge is 0.253 e. The van der Waals surface area contributed by atoms with Crippen LogP contribution < -0.4 is 14.9 Å². The summed E-state index contributed by atoms with van der Waals surface area (Å²) in [5.74, 6) is 0.372. The molecule has 1 unspecified atom stereocenters. The van der Waals surface area contributed by atoms with Crippen molar-refractivity contribution in [1.29, 1.82) is 0 Å². The number of aromatic amines is 2. The summed E-state index contributed by atoms with van der Waals surface area (Å²) in [7, 11) is 0. The number of rotatable bonds is 3. The molecule has 0 saturated carbocycles. The number of fused-ring (bicyclic) bond motifs is 1. The first kappa shape index (κ1) is 14.2. The predicted octanol–water partition coefficient (Wildman–Crippen LogP) is 0.942. The molecular weight excluding hydrogens is 286 g/mol. The molecule has 4 N–H and O–H groups in total. The number of likely N-dealkylation sites (tertiary alicyclic amines) is 1. The summed E-state index contributed by atoms with van der Waals surface area (Å²) in [4.78, 5) is 7.90. The summed E-state index contributed by atoms with van der Waals surface area (Å²) in [5.41, 5.74) is 3.03. The van der Waals surface area contributed by atoms with Crippen LogP contribution in [0.4, 0.5) is 0 Å². The number of aromatic hydroxyl groups is 1. The van der Waals surface area contributed by atoms with Gasteiger partial charge in [-0.05, 0) is 24.3 Å². The summed E-state index contributed by atoms with van der Waals surface area (Å²) >= 11 is 0. The molecule has 0 bridgehead atoms. The van der Waals surface area contributed by atoms with E-state index in [4.69, 9.17) is 0 Å². The Morgan fingerprint density at radius 2 is 1.83 bits per heavy atom. The van der Waals surface area contributed by atoms with Gasteiger partial charge in [-0.15, -0.1) is 0 Å². The molecule has 4 heteroatoms. The largest absolute Gasteiger partial charge is 0.502 e. The summed E-state index contributed by atoms with van der Waals surface area (Å²) < 4.78 is 0. The molecule has 1 saturated heterocycles. The first-order valence-corrected chi connectivity index (χ1v) is 8.27. The van der Waals surface area contributed by atoms with Gasteiger partial charge in [-0.3, -0.25) is 0 Å². The SMILES string of the molecule is Oc1c(C(c2ccc[nH+]c2)[NH+]2CCCC2)ccc2ccc[nH+]c12. The van der Waals surface area contributed by atoms with E-state index in [0.29, 0.717) is 5.75 Å². The number of benzene rings is 1. The van der Waals surface area contributed by atoms with Crippen LogP contribution in [0.25, 0.3) is 10.9 Å². The molecule has 116 valence electrons. The highest BCUT2D eigenvalue weighted by Crippen LogP contribution is 2.31. The Kier molecular flexibility index (Phi) is 3.67. The fourth-order valence-corrected chi connectivity index (χ4v) is 3.77. The van der Waals surface area contributed by atoms with E-state index < -0.39 is 0 Å². The average Bonchev–Trinajstić information content (AvgIpc) is 3.13. The summed E-state index contributed by atoms with van der Waals surface area (Å²) in [6, 6.07) is 12.5. The molecule has 3 heterocycles. The lowest BCUT2D eigenvalue weighted by molar-refractivity contribution is -0.913. The number of phenolic OH excluding ortho intramolecular Hbond substituents is 1. The van der Waals surface area contributed by atoms with E-state index in [1.54, 1.807) is 0 Å². The van der Waals surface area contributed by atoms with E-state index in [-0.39, 0.29) is 6.04 Å². The Labute approximate surface area is 135 Å². The fourth-order valence-electron chi connectivity index (χ4n) is 3.77. The molecule has 1 atom stereocenters. The first-order chi connectivity index (χ1) is 11.3. The number of quaternary nitrogens is 1. The van der Waals surface area contributed by atoms with Gasteiger partial charge in [0, 0.05) is 25.0 Å². The predicted molar refractivity (Wildman–Crippen MR) is 86.9 cm³/mol. The molecule has 1 aromatic carbocycles. The van der Waals surface area contributed by atoms with Crippen LogP contribution in [0.1, 0.15) is 30.0 Å². The minimum absolute atomic E-state index is 0.160. The standard InChI is InChI=1S/C19H19N3O/c23-19-16(8-7-14-5-4-10-21-17(14)19)18(22-11-1-2-12-22)15-6-3-9-20-13-15/h3-10,13,18,23H,1-2,11-12H2/p+3. The van der Waals surface area contributed by atoms with E-state index in [1.807, 2.05) is 36.8 Å². The van der Waals surface area contributed by atoms with Gasteiger partial charge in [0.25, 0.3) is 5.52 Å². The Balaban J connectivity index is 1.88. The maximum absolute atomic E-state index is 10.9. The summed E-state index contributed by atoms with van der Waals surface area (Å²) in [5, 5.41) is 11.9. The highest BCUT2D eigenvalue weighted by atomic mass is 16.3. The number of nitrogens with one attached hydrogen (secondary N) is 3. The third-order valence-electron chi connectivity index (χ3n) is 4.87. The maximum Gasteiger partial charge on any atom is 0.253 e. The molecule has 0 amide bonds. The van der Waals surface area contributed by atoms with Crippen molar-refractivity contribution in [2.24, 2.45) is 0 Å². The van der Waals surface area contributed by atoms with Crippen LogP contribution in [-0.2, 0) is 0 Å². The highest BCUT2D eigenvalue weighted by molar-refractivity contribution is 5.82. The topological polar surface area (TPSA) is 53.0 Å². The molecular formula is C19H22N3O+3. The Morgan fingerprint density at radius 3 is 2.61 bits per heavy atom. The van der Waals surface area contributed by atoms with Gasteiger partial charge < -0.3 is 10.0 Å². The average molecular weight is 308 g/mol. The third-order valence-corrected chi connectivity index (χ3v) is 4.87. The number of hydrogen-bond donors (Lipinski definition) is 2. The number of hydrogen-bond acceptors (Lipinski definition) is 1. The summed E-state index contributed by atoms with van der Waals surface area (Å²) in [6.45, 7) is 2.30. The van der Waals surface area contributed by atoms with Crippen molar-refractivity contribution < 1.29 is 20.0 Å². The fraction of sp³-hybridized carbons (Fsp3) is 0.263. The molecule has 1 aliphatic rings. The zero-order chi connectivity index (χ0) is 15.6. The molecule has 4 rings (SSSR count). The molecule has 1 aliphatic heterocycles. The molecule has 2 aromatic heterocycles. The van der Waals surface area contributed by atoms with E-state index >= 15 is 0 Å². The molecule has 0 spiro atoms. The first-order valence-electron chi connectivity index (χ1n) is 8.27. The molecule has 3 aromatic rings. The summed E-state index contributed by atoms with van der Waals surface area (Å²) in [6.07, 6.45) is 8.34. The highest BCUT2D eigenvalue weighted by Gasteiger charge is 2.33. The molecule has 0 radical (unpaired) electrons. The lowest BCUT2D eigenvalue weighted by Gasteiger charge is -2.24. The van der Waals surface area contributed by atoms with Crippen molar-refractivity contribution in [2.75, 3.05) is 13.1 Å². The van der Waals surface area contributed by atoms with E-state index in [0.717, 1.165) is 29.6 Å². The van der Waals surface area contributed by atoms with Gasteiger partial charge in [0.15, 0.2) is 24.3 Å². The lowest BCUT2D eigenvalue weighted by atomic mass is 9.96. The van der Waals surface area contributed by atoms with Crippen LogP contribution in [-0.4, -0.2) is 18.2 Å². The van der Waals surface area contributed by atoms with Crippen LogP contribution in [0.5, 0.6) is 5.75 Å². The van der Waals surface area contributed by atoms with Gasteiger partial charge in [0.05, 0.1) is 29.6 Å². The second kappa shape index (κ2) is 5.97. The van der Waals surface area contributed by atoms with Gasteiger partial charge >= 0.3 is 0 Å². The van der Waals surface area contributed by atoms with Crippen molar-refractivity contribution in [3.05, 3.63) is 66.1 Å². The van der Waals surface area contributed by atoms with Gasteiger partial charge in [0.2, 0.25) is 0 Å². The number of phenols is 1. The van der Waals surface area contributed by atoms with E-state index in [2.05, 4.69) is 28.2 Å². The monoisotopic (exact) mass is 308 g/mol. The number of pyridine rings is 2. The van der Waals surface area contributed by atoms with Crippen LogP contribution in [0.3, 0.4) is 0 Å². The molecule has 23 heavy (non-hydrogen) atoms. The van der Waals surface area contributed by atoms with Crippen molar-refractivity contribution in [3.8, 4) is 5.75 Å². The van der Waals surface area contributed by atoms with Gasteiger partial charge in [-0.2, -0.15) is 0 Å². The Morgan fingerprint density at radius 1 is 1.00 bits per heavy atom. The van der Waals surface area contributed by atoms with Crippen molar-refractivity contribution >= 4 is 10.9 Å². The third kappa shape index (κ3) is 2.55. The lowest BCUT2D eigenvalue weighted by Crippen LogP contribution is -3.10. The molecule has 1 fully saturated rings. The zero-order valence-electron chi connectivity index (χ0n) is 13.0. The number of aromatic nitrogens is 2. The van der Waals surface area contributed by atoms with Crippen LogP contribution in [0.15, 0.2) is 55.0 Å². The Bertz CT molecular complexity index is 813. The van der Waals surface area contributed by atoms with Gasteiger partial charge in [-0.1, -0.05) is 0 Å². The zero-order valence-corrected chi connectivity index (χ0v) is 13.0. The normalized spacial score (nSPS) is 16.7. The van der Waals surface area contributed by atoms with Gasteiger partial charge in [0.1, 0.15) is 6.04 Å². The second-order valence-corrected chi connectivity index (χ2v) is 6.27. The van der Waals surface area contributed by atoms with Gasteiger partial charge in [-0.25, -0.2) is 9.97 Å². The van der Waals surface area contributed by atoms with E-state index in [9.17, 15) is 5.11 Å². The van der Waals surface area contributed by atoms with Crippen molar-refractivity contribution in [2.45, 2.75) is 18.9 Å². The maximum atomic E-state index is 10.9.